The second kappa shape index (κ2) is 3.64. The molecule has 0 saturated carbocycles. The molecule has 0 heterocycles. The highest BCUT2D eigenvalue weighted by Gasteiger charge is 2.11. The van der Waals surface area contributed by atoms with Crippen molar-refractivity contribution < 1.29 is 5.11 Å². The van der Waals surface area contributed by atoms with Crippen LogP contribution in [0.5, 0.6) is 5.75 Å². The van der Waals surface area contributed by atoms with Gasteiger partial charge in [-0.05, 0) is 49.8 Å². The van der Waals surface area contributed by atoms with Gasteiger partial charge in [0.25, 0.3) is 0 Å². The van der Waals surface area contributed by atoms with E-state index in [0.29, 0.717) is 5.75 Å². The van der Waals surface area contributed by atoms with Gasteiger partial charge in [0.1, 0.15) is 5.75 Å². The SMILES string of the molecule is O[13c]1[13cH][13cH][13cH]c2c3ccc4cccc5ccc(cc21)c3c54. The average molecular weight is 272 g/mol. The highest BCUT2D eigenvalue weighted by atomic mass is 16.3. The summed E-state index contributed by atoms with van der Waals surface area (Å²) in [6, 6.07) is 22.9. The molecule has 0 bridgehead atoms. The molecule has 0 radical (unpaired) electrons. The Morgan fingerprint density at radius 3 is 2.10 bits per heavy atom. The summed E-state index contributed by atoms with van der Waals surface area (Å²) in [5.74, 6) is 0.345. The zero-order valence-electron chi connectivity index (χ0n) is 11.3. The number of hydrogen-bond donors (Lipinski definition) is 1. The predicted octanol–water partition coefficient (Wildman–Crippen LogP) is 5.44. The average Bonchev–Trinajstić information content (AvgIpc) is 2.53. The summed E-state index contributed by atoms with van der Waals surface area (Å²) in [5.41, 5.74) is 0. The van der Waals surface area contributed by atoms with Crippen molar-refractivity contribution in [3.63, 3.8) is 0 Å². The van der Waals surface area contributed by atoms with Gasteiger partial charge < -0.3 is 5.11 Å². The Hall–Kier alpha value is -2.80. The molecule has 5 rings (SSSR count). The van der Waals surface area contributed by atoms with Crippen molar-refractivity contribution in [3.8, 4) is 5.75 Å². The van der Waals surface area contributed by atoms with Crippen molar-refractivity contribution in [2.24, 2.45) is 0 Å². The topological polar surface area (TPSA) is 20.2 Å². The summed E-state index contributed by atoms with van der Waals surface area (Å²) >= 11 is 0. The molecule has 0 fully saturated rings. The maximum absolute atomic E-state index is 10.2. The van der Waals surface area contributed by atoms with Crippen LogP contribution in [0.25, 0.3) is 43.1 Å². The van der Waals surface area contributed by atoms with Crippen LogP contribution in [-0.4, -0.2) is 5.11 Å². The van der Waals surface area contributed by atoms with Crippen molar-refractivity contribution in [2.45, 2.75) is 0 Å². The molecule has 98 valence electrons. The highest BCUT2D eigenvalue weighted by Crippen LogP contribution is 2.40. The van der Waals surface area contributed by atoms with Crippen LogP contribution >= 0.6 is 0 Å². The second-order valence-electron chi connectivity index (χ2n) is 5.60. The number of phenols is 1. The molecule has 1 nitrogen and oxygen atoms in total. The summed E-state index contributed by atoms with van der Waals surface area (Å²) in [6.45, 7) is 0. The molecule has 0 aliphatic carbocycles. The van der Waals surface area contributed by atoms with Crippen LogP contribution in [0.2, 0.25) is 0 Å². The Morgan fingerprint density at radius 1 is 0.524 bits per heavy atom. The maximum Gasteiger partial charge on any atom is 0.123 e. The van der Waals surface area contributed by atoms with Crippen molar-refractivity contribution in [1.82, 2.24) is 0 Å². The fourth-order valence-corrected chi connectivity index (χ4v) is 3.55. The Morgan fingerprint density at radius 2 is 1.24 bits per heavy atom. The third-order valence-corrected chi connectivity index (χ3v) is 4.48. The summed E-state index contributed by atoms with van der Waals surface area (Å²) in [5, 5.41) is 19.7. The van der Waals surface area contributed by atoms with Crippen LogP contribution in [0.1, 0.15) is 0 Å². The summed E-state index contributed by atoms with van der Waals surface area (Å²) in [4.78, 5) is 0. The molecule has 0 amide bonds. The van der Waals surface area contributed by atoms with E-state index in [1.807, 2.05) is 6.07 Å². The quantitative estimate of drug-likeness (QED) is 0.294. The van der Waals surface area contributed by atoms with Crippen LogP contribution < -0.4 is 0 Å². The molecule has 1 N–H and O–H groups in total. The van der Waals surface area contributed by atoms with Gasteiger partial charge in [0.2, 0.25) is 0 Å². The number of fused-ring (bicyclic) bond motifs is 2. The Bertz CT molecular complexity index is 1120. The first-order valence-corrected chi connectivity index (χ1v) is 7.11. The lowest BCUT2D eigenvalue weighted by Gasteiger charge is -2.13. The minimum Gasteiger partial charge on any atom is -0.507 e. The molecule has 0 spiro atoms. The van der Waals surface area contributed by atoms with Crippen LogP contribution in [0.15, 0.2) is 66.7 Å². The van der Waals surface area contributed by atoms with Gasteiger partial charge in [0, 0.05) is 5.39 Å². The molecular formula is C20H12O. The van der Waals surface area contributed by atoms with Gasteiger partial charge >= 0.3 is 0 Å². The maximum atomic E-state index is 10.2. The third kappa shape index (κ3) is 1.30. The molecule has 0 unspecified atom stereocenters. The fraction of sp³-hybridized carbons (Fsp3) is 0. The predicted molar refractivity (Wildman–Crippen MR) is 89.3 cm³/mol. The Balaban J connectivity index is 2.21. The van der Waals surface area contributed by atoms with E-state index < -0.39 is 0 Å². The Labute approximate surface area is 121 Å². The fourth-order valence-electron chi connectivity index (χ4n) is 3.55. The van der Waals surface area contributed by atoms with Crippen LogP contribution in [0.3, 0.4) is 0 Å². The van der Waals surface area contributed by atoms with E-state index in [2.05, 4.69) is 54.6 Å². The molecule has 0 aromatic heterocycles. The van der Waals surface area contributed by atoms with Crippen LogP contribution in [0.4, 0.5) is 0 Å². The third-order valence-electron chi connectivity index (χ3n) is 4.48. The molecular weight excluding hydrogens is 260 g/mol. The van der Waals surface area contributed by atoms with E-state index in [9.17, 15) is 5.11 Å². The molecule has 0 aliphatic heterocycles. The van der Waals surface area contributed by atoms with E-state index in [0.717, 1.165) is 10.8 Å². The minimum absolute atomic E-state index is 0.345. The van der Waals surface area contributed by atoms with Gasteiger partial charge in [-0.2, -0.15) is 0 Å². The first kappa shape index (κ1) is 10.9. The van der Waals surface area contributed by atoms with Gasteiger partial charge in [-0.25, -0.2) is 0 Å². The first-order chi connectivity index (χ1) is 10.3. The first-order valence-electron chi connectivity index (χ1n) is 7.11. The molecule has 1 heteroatoms. The number of aromatic hydroxyl groups is 1. The monoisotopic (exact) mass is 272 g/mol. The minimum atomic E-state index is 0.345. The van der Waals surface area contributed by atoms with E-state index in [1.165, 1.54) is 32.3 Å². The van der Waals surface area contributed by atoms with Crippen LogP contribution in [-0.2, 0) is 0 Å². The lowest BCUT2D eigenvalue weighted by atomic mass is 9.93. The standard InChI is InChI=1S/C20H12O/c21-18-6-2-5-15-16-10-9-13-4-1-3-12-7-8-14(11-17(15)18)20(16)19(12)13/h1-11,21H/i2+1,5+1,6+1,18+1. The summed E-state index contributed by atoms with van der Waals surface area (Å²) < 4.78 is 0. The van der Waals surface area contributed by atoms with Crippen molar-refractivity contribution in [1.29, 1.82) is 0 Å². The second-order valence-corrected chi connectivity index (χ2v) is 5.60. The zero-order valence-corrected chi connectivity index (χ0v) is 11.3. The van der Waals surface area contributed by atoms with E-state index in [4.69, 9.17) is 0 Å². The number of rotatable bonds is 0. The summed E-state index contributed by atoms with van der Waals surface area (Å²) in [7, 11) is 0. The molecule has 5 aromatic carbocycles. The van der Waals surface area contributed by atoms with Crippen molar-refractivity contribution in [3.05, 3.63) is 66.7 Å². The largest absolute Gasteiger partial charge is 0.507 e. The Kier molecular flexibility index (Phi) is 1.90. The van der Waals surface area contributed by atoms with Crippen molar-refractivity contribution in [2.75, 3.05) is 0 Å². The molecule has 0 aliphatic rings. The molecule has 5 aromatic rings. The number of phenolic OH excluding ortho intramolecular Hbond substituents is 1. The zero-order chi connectivity index (χ0) is 14.0. The normalized spacial score (nSPS) is 12.0. The highest BCUT2D eigenvalue weighted by molar-refractivity contribution is 6.29. The van der Waals surface area contributed by atoms with Crippen molar-refractivity contribution >= 4 is 43.1 Å². The van der Waals surface area contributed by atoms with Gasteiger partial charge in [-0.15, -0.1) is 0 Å². The van der Waals surface area contributed by atoms with E-state index in [-0.39, 0.29) is 0 Å². The smallest absolute Gasteiger partial charge is 0.123 e. The molecule has 0 atom stereocenters. The van der Waals surface area contributed by atoms with Gasteiger partial charge in [0.15, 0.2) is 0 Å². The van der Waals surface area contributed by atoms with Crippen LogP contribution in [0, 0.1) is 0 Å². The van der Waals surface area contributed by atoms with E-state index in [1.54, 1.807) is 6.07 Å². The van der Waals surface area contributed by atoms with E-state index >= 15 is 0 Å². The summed E-state index contributed by atoms with van der Waals surface area (Å²) in [6.07, 6.45) is 0. The lowest BCUT2D eigenvalue weighted by Crippen LogP contribution is -1.85. The number of hydrogen-bond acceptors (Lipinski definition) is 1. The lowest BCUT2D eigenvalue weighted by molar-refractivity contribution is 0.482. The van der Waals surface area contributed by atoms with Gasteiger partial charge in [-0.3, -0.25) is 0 Å². The van der Waals surface area contributed by atoms with Gasteiger partial charge in [0.05, 0.1) is 0 Å². The molecule has 21 heavy (non-hydrogen) atoms. The molecule has 0 saturated heterocycles. The van der Waals surface area contributed by atoms with Gasteiger partial charge in [-0.1, -0.05) is 54.6 Å². The number of benzene rings is 5.